The van der Waals surface area contributed by atoms with E-state index in [1.807, 2.05) is 0 Å². The quantitative estimate of drug-likeness (QED) is 0.661. The predicted molar refractivity (Wildman–Crippen MR) is 75.2 cm³/mol. The number of anilines is 1. The van der Waals surface area contributed by atoms with E-state index in [9.17, 15) is 18.5 Å². The highest BCUT2D eigenvalue weighted by molar-refractivity contribution is 7.89. The van der Waals surface area contributed by atoms with Crippen LogP contribution in [0, 0.1) is 10.1 Å². The monoisotopic (exact) mass is 299 g/mol. The molecule has 1 aliphatic carbocycles. The van der Waals surface area contributed by atoms with E-state index in [0.717, 1.165) is 25.3 Å². The Balaban J connectivity index is 2.48. The van der Waals surface area contributed by atoms with E-state index in [4.69, 9.17) is 0 Å². The maximum atomic E-state index is 12.6. The lowest BCUT2D eigenvalue weighted by atomic mass is 9.94. The Morgan fingerprint density at radius 3 is 2.50 bits per heavy atom. The van der Waals surface area contributed by atoms with Gasteiger partial charge in [-0.3, -0.25) is 10.1 Å². The van der Waals surface area contributed by atoms with Crippen LogP contribution in [-0.2, 0) is 10.0 Å². The number of nitrogens with zero attached hydrogens (tertiary/aromatic N) is 2. The van der Waals surface area contributed by atoms with Crippen LogP contribution in [0.1, 0.15) is 19.3 Å². The van der Waals surface area contributed by atoms with E-state index in [1.54, 1.807) is 7.05 Å². The summed E-state index contributed by atoms with van der Waals surface area (Å²) in [5.74, 6) is 0. The number of non-ortho nitro benzene ring substituents is 1. The Kier molecular flexibility index (Phi) is 3.96. The Bertz CT molecular complexity index is 626. The summed E-state index contributed by atoms with van der Waals surface area (Å²) >= 11 is 0. The summed E-state index contributed by atoms with van der Waals surface area (Å²) in [4.78, 5) is 10.2. The molecule has 0 bridgehead atoms. The van der Waals surface area contributed by atoms with Crippen LogP contribution in [0.25, 0.3) is 0 Å². The van der Waals surface area contributed by atoms with Crippen molar-refractivity contribution in [1.82, 2.24) is 4.31 Å². The van der Waals surface area contributed by atoms with Crippen molar-refractivity contribution < 1.29 is 13.3 Å². The molecule has 1 saturated carbocycles. The first-order valence-corrected chi connectivity index (χ1v) is 7.76. The van der Waals surface area contributed by atoms with Gasteiger partial charge in [0.25, 0.3) is 5.69 Å². The SMILES string of the molecule is CNc1ccc([N+](=O)[O-])cc1S(=O)(=O)N(C)C1CCC1. The number of nitro benzene ring substituents is 1. The summed E-state index contributed by atoms with van der Waals surface area (Å²) in [6, 6.07) is 3.80. The highest BCUT2D eigenvalue weighted by Gasteiger charge is 2.33. The minimum Gasteiger partial charge on any atom is -0.387 e. The summed E-state index contributed by atoms with van der Waals surface area (Å²) in [7, 11) is -0.619. The van der Waals surface area contributed by atoms with Crippen molar-refractivity contribution in [3.63, 3.8) is 0 Å². The van der Waals surface area contributed by atoms with E-state index in [2.05, 4.69) is 5.32 Å². The molecule has 110 valence electrons. The first kappa shape index (κ1) is 14.7. The van der Waals surface area contributed by atoms with Gasteiger partial charge in [-0.05, 0) is 18.9 Å². The van der Waals surface area contributed by atoms with Crippen molar-refractivity contribution in [2.45, 2.75) is 30.2 Å². The standard InChI is InChI=1S/C12H17N3O4S/c1-13-11-7-6-10(15(16)17)8-12(11)20(18,19)14(2)9-4-3-5-9/h6-9,13H,3-5H2,1-2H3. The zero-order valence-corrected chi connectivity index (χ0v) is 12.2. The van der Waals surface area contributed by atoms with Crippen LogP contribution in [0.2, 0.25) is 0 Å². The van der Waals surface area contributed by atoms with Crippen LogP contribution in [0.3, 0.4) is 0 Å². The average Bonchev–Trinajstić information content (AvgIpc) is 2.35. The van der Waals surface area contributed by atoms with Gasteiger partial charge in [0.05, 0.1) is 10.6 Å². The summed E-state index contributed by atoms with van der Waals surface area (Å²) in [6.45, 7) is 0. The van der Waals surface area contributed by atoms with Gasteiger partial charge in [0.1, 0.15) is 4.90 Å². The van der Waals surface area contributed by atoms with Gasteiger partial charge in [0.15, 0.2) is 0 Å². The van der Waals surface area contributed by atoms with Crippen molar-refractivity contribution in [3.8, 4) is 0 Å². The molecule has 0 aliphatic heterocycles. The molecule has 0 atom stereocenters. The van der Waals surface area contributed by atoms with Crippen LogP contribution in [-0.4, -0.2) is 37.8 Å². The largest absolute Gasteiger partial charge is 0.387 e. The third-order valence-electron chi connectivity index (χ3n) is 3.69. The molecule has 2 rings (SSSR count). The van der Waals surface area contributed by atoms with E-state index in [1.165, 1.54) is 23.5 Å². The van der Waals surface area contributed by atoms with Crippen LogP contribution in [0.4, 0.5) is 11.4 Å². The maximum absolute atomic E-state index is 12.6. The zero-order chi connectivity index (χ0) is 14.9. The molecule has 1 fully saturated rings. The molecule has 0 radical (unpaired) electrons. The topological polar surface area (TPSA) is 92.5 Å². The van der Waals surface area contributed by atoms with Gasteiger partial charge in [-0.1, -0.05) is 6.42 Å². The number of nitro groups is 1. The van der Waals surface area contributed by atoms with Gasteiger partial charge in [0, 0.05) is 32.3 Å². The smallest absolute Gasteiger partial charge is 0.270 e. The third-order valence-corrected chi connectivity index (χ3v) is 5.64. The molecular weight excluding hydrogens is 282 g/mol. The molecule has 0 amide bonds. The molecular formula is C12H17N3O4S. The second-order valence-electron chi connectivity index (χ2n) is 4.79. The second-order valence-corrected chi connectivity index (χ2v) is 6.76. The molecule has 1 aliphatic rings. The Hall–Kier alpha value is -1.67. The molecule has 0 saturated heterocycles. The number of benzene rings is 1. The fourth-order valence-electron chi connectivity index (χ4n) is 2.15. The lowest BCUT2D eigenvalue weighted by Gasteiger charge is -2.34. The first-order valence-electron chi connectivity index (χ1n) is 6.32. The Morgan fingerprint density at radius 1 is 1.40 bits per heavy atom. The number of rotatable bonds is 5. The third kappa shape index (κ3) is 2.48. The van der Waals surface area contributed by atoms with Crippen LogP contribution >= 0.6 is 0 Å². The number of hydrogen-bond donors (Lipinski definition) is 1. The molecule has 0 spiro atoms. The van der Waals surface area contributed by atoms with E-state index >= 15 is 0 Å². The molecule has 0 heterocycles. The molecule has 7 nitrogen and oxygen atoms in total. The van der Waals surface area contributed by atoms with Gasteiger partial charge in [-0.25, -0.2) is 8.42 Å². The Morgan fingerprint density at radius 2 is 2.05 bits per heavy atom. The molecule has 0 unspecified atom stereocenters. The number of sulfonamides is 1. The highest BCUT2D eigenvalue weighted by atomic mass is 32.2. The van der Waals surface area contributed by atoms with Crippen molar-refractivity contribution in [2.75, 3.05) is 19.4 Å². The fraction of sp³-hybridized carbons (Fsp3) is 0.500. The first-order chi connectivity index (χ1) is 9.37. The summed E-state index contributed by atoms with van der Waals surface area (Å²) in [6.07, 6.45) is 2.68. The van der Waals surface area contributed by atoms with Crippen LogP contribution in [0.15, 0.2) is 23.1 Å². The minimum atomic E-state index is -3.73. The fourth-order valence-corrected chi connectivity index (χ4v) is 3.78. The molecule has 1 aromatic carbocycles. The summed E-state index contributed by atoms with van der Waals surface area (Å²) < 4.78 is 26.5. The summed E-state index contributed by atoms with van der Waals surface area (Å²) in [5.41, 5.74) is 0.131. The molecule has 1 N–H and O–H groups in total. The number of hydrogen-bond acceptors (Lipinski definition) is 5. The molecule has 8 heteroatoms. The van der Waals surface area contributed by atoms with E-state index in [0.29, 0.717) is 5.69 Å². The van der Waals surface area contributed by atoms with Gasteiger partial charge >= 0.3 is 0 Å². The van der Waals surface area contributed by atoms with Crippen LogP contribution in [0.5, 0.6) is 0 Å². The predicted octanol–water partition coefficient (Wildman–Crippen LogP) is 1.81. The normalized spacial score (nSPS) is 15.9. The maximum Gasteiger partial charge on any atom is 0.270 e. The van der Waals surface area contributed by atoms with E-state index < -0.39 is 14.9 Å². The average molecular weight is 299 g/mol. The van der Waals surface area contributed by atoms with E-state index in [-0.39, 0.29) is 16.6 Å². The molecule has 0 aromatic heterocycles. The van der Waals surface area contributed by atoms with Gasteiger partial charge < -0.3 is 5.32 Å². The lowest BCUT2D eigenvalue weighted by molar-refractivity contribution is -0.385. The van der Waals surface area contributed by atoms with Crippen molar-refractivity contribution in [3.05, 3.63) is 28.3 Å². The van der Waals surface area contributed by atoms with Gasteiger partial charge in [-0.15, -0.1) is 0 Å². The number of nitrogens with one attached hydrogen (secondary N) is 1. The van der Waals surface area contributed by atoms with Crippen molar-refractivity contribution in [1.29, 1.82) is 0 Å². The molecule has 1 aromatic rings. The van der Waals surface area contributed by atoms with Gasteiger partial charge in [-0.2, -0.15) is 4.31 Å². The van der Waals surface area contributed by atoms with Crippen molar-refractivity contribution in [2.24, 2.45) is 0 Å². The highest BCUT2D eigenvalue weighted by Crippen LogP contribution is 2.33. The minimum absolute atomic E-state index is 0.0102. The second kappa shape index (κ2) is 5.37. The summed E-state index contributed by atoms with van der Waals surface area (Å²) in [5, 5.41) is 13.6. The zero-order valence-electron chi connectivity index (χ0n) is 11.4. The van der Waals surface area contributed by atoms with Crippen molar-refractivity contribution >= 4 is 21.4 Å². The van der Waals surface area contributed by atoms with Crippen LogP contribution < -0.4 is 5.32 Å². The lowest BCUT2D eigenvalue weighted by Crippen LogP contribution is -2.41. The molecule has 20 heavy (non-hydrogen) atoms. The Labute approximate surface area is 117 Å². The van der Waals surface area contributed by atoms with Gasteiger partial charge in [0.2, 0.25) is 10.0 Å².